The molecule has 2 amide bonds. The van der Waals surface area contributed by atoms with Crippen molar-refractivity contribution in [2.45, 2.75) is 26.7 Å². The molecule has 0 fully saturated rings. The van der Waals surface area contributed by atoms with E-state index >= 15 is 0 Å². The van der Waals surface area contributed by atoms with Crippen LogP contribution in [0.3, 0.4) is 0 Å². The molecule has 20 heavy (non-hydrogen) atoms. The van der Waals surface area contributed by atoms with Crippen LogP contribution < -0.4 is 10.9 Å². The Balaban J connectivity index is 1.80. The quantitative estimate of drug-likeness (QED) is 0.620. The molecular weight excluding hydrogens is 260 g/mol. The van der Waals surface area contributed by atoms with Crippen molar-refractivity contribution in [1.82, 2.24) is 10.9 Å². The summed E-state index contributed by atoms with van der Waals surface area (Å²) in [4.78, 5) is 23.1. The number of nitrogens with zero attached hydrogens (tertiary/aromatic N) is 2. The van der Waals surface area contributed by atoms with Gasteiger partial charge in [-0.15, -0.1) is 0 Å². The van der Waals surface area contributed by atoms with Crippen LogP contribution in [0, 0.1) is 5.92 Å². The van der Waals surface area contributed by atoms with Crippen LogP contribution in [-0.2, 0) is 9.59 Å². The van der Waals surface area contributed by atoms with Crippen LogP contribution >= 0.6 is 0 Å². The lowest BCUT2D eigenvalue weighted by molar-refractivity contribution is -0.123. The summed E-state index contributed by atoms with van der Waals surface area (Å²) in [5.74, 6) is -0.131. The Morgan fingerprint density at radius 1 is 1.60 bits per heavy atom. The van der Waals surface area contributed by atoms with E-state index in [4.69, 9.17) is 4.42 Å². The minimum Gasteiger partial charge on any atom is -0.463 e. The Bertz CT molecular complexity index is 560. The van der Waals surface area contributed by atoms with Crippen molar-refractivity contribution >= 4 is 23.2 Å². The first kappa shape index (κ1) is 14.0. The number of amides is 2. The van der Waals surface area contributed by atoms with Gasteiger partial charge in [-0.1, -0.05) is 0 Å². The first-order chi connectivity index (χ1) is 9.58. The number of carbonyl (C=O) groups is 2. The van der Waals surface area contributed by atoms with E-state index in [2.05, 4.69) is 21.1 Å². The summed E-state index contributed by atoms with van der Waals surface area (Å²) in [5.41, 5.74) is 6.12. The van der Waals surface area contributed by atoms with E-state index in [9.17, 15) is 9.59 Å². The van der Waals surface area contributed by atoms with Crippen LogP contribution in [0.2, 0.25) is 0 Å². The molecule has 1 unspecified atom stereocenters. The molecule has 2 N–H and O–H groups in total. The van der Waals surface area contributed by atoms with Crippen molar-refractivity contribution < 1.29 is 14.0 Å². The third-order valence-corrected chi connectivity index (χ3v) is 3.05. The van der Waals surface area contributed by atoms with E-state index in [0.29, 0.717) is 23.6 Å². The largest absolute Gasteiger partial charge is 0.463 e. The van der Waals surface area contributed by atoms with Gasteiger partial charge in [-0.2, -0.15) is 10.2 Å². The van der Waals surface area contributed by atoms with Gasteiger partial charge in [-0.05, 0) is 32.4 Å². The lowest BCUT2D eigenvalue weighted by Crippen LogP contribution is -2.25. The Hall–Kier alpha value is -2.44. The number of nitrogens with one attached hydrogen (secondary N) is 2. The smallest absolute Gasteiger partial charge is 0.248 e. The van der Waals surface area contributed by atoms with E-state index in [1.54, 1.807) is 26.0 Å². The van der Waals surface area contributed by atoms with Gasteiger partial charge in [0.05, 0.1) is 12.2 Å². The Labute approximate surface area is 116 Å². The van der Waals surface area contributed by atoms with Gasteiger partial charge in [0.2, 0.25) is 11.8 Å². The van der Waals surface area contributed by atoms with E-state index in [0.717, 1.165) is 0 Å². The molecule has 0 bridgehead atoms. The lowest BCUT2D eigenvalue weighted by Gasteiger charge is -2.06. The molecule has 2 heterocycles. The van der Waals surface area contributed by atoms with Gasteiger partial charge in [0.1, 0.15) is 11.5 Å². The van der Waals surface area contributed by atoms with Crippen LogP contribution in [0.15, 0.2) is 33.0 Å². The van der Waals surface area contributed by atoms with Gasteiger partial charge in [0.25, 0.3) is 0 Å². The third-order valence-electron chi connectivity index (χ3n) is 3.05. The fourth-order valence-corrected chi connectivity index (χ4v) is 1.85. The van der Waals surface area contributed by atoms with Crippen molar-refractivity contribution in [1.29, 1.82) is 0 Å². The summed E-state index contributed by atoms with van der Waals surface area (Å²) in [7, 11) is 0. The molecule has 2 rings (SSSR count). The fraction of sp³-hybridized carbons (Fsp3) is 0.385. The second-order valence-electron chi connectivity index (χ2n) is 4.53. The molecule has 0 spiro atoms. The second kappa shape index (κ2) is 6.14. The highest BCUT2D eigenvalue weighted by molar-refractivity contribution is 6.07. The van der Waals surface area contributed by atoms with Gasteiger partial charge in [-0.25, -0.2) is 10.9 Å². The van der Waals surface area contributed by atoms with Gasteiger partial charge in [0.15, 0.2) is 0 Å². The zero-order valence-electron chi connectivity index (χ0n) is 11.3. The summed E-state index contributed by atoms with van der Waals surface area (Å²) in [6.45, 7) is 3.50. The average Bonchev–Trinajstić information content (AvgIpc) is 3.05. The maximum atomic E-state index is 11.7. The van der Waals surface area contributed by atoms with Crippen LogP contribution in [0.25, 0.3) is 0 Å². The van der Waals surface area contributed by atoms with Crippen LogP contribution in [0.1, 0.15) is 32.4 Å². The van der Waals surface area contributed by atoms with Gasteiger partial charge >= 0.3 is 0 Å². The number of carbonyl (C=O) groups excluding carboxylic acids is 2. The van der Waals surface area contributed by atoms with Crippen molar-refractivity contribution in [2.24, 2.45) is 16.1 Å². The summed E-state index contributed by atoms with van der Waals surface area (Å²) in [5, 5.41) is 7.77. The Kier molecular flexibility index (Phi) is 4.29. The summed E-state index contributed by atoms with van der Waals surface area (Å²) in [6.07, 6.45) is 2.17. The van der Waals surface area contributed by atoms with E-state index in [1.807, 2.05) is 0 Å². The standard InChI is InChI=1S/C13H16N4O3/c1-8-10(13(19)17-14-8)5-6-12(18)16-15-9(2)11-4-3-7-20-11/h3-4,7,10H,5-6H2,1-2H3,(H,16,18)(H,17,19). The predicted octanol–water partition coefficient (Wildman–Crippen LogP) is 1.02. The molecule has 0 aliphatic carbocycles. The van der Waals surface area contributed by atoms with E-state index in [1.165, 1.54) is 6.26 Å². The molecule has 106 valence electrons. The Morgan fingerprint density at radius 2 is 2.40 bits per heavy atom. The minimum atomic E-state index is -0.323. The zero-order chi connectivity index (χ0) is 14.5. The third kappa shape index (κ3) is 3.31. The monoisotopic (exact) mass is 276 g/mol. The van der Waals surface area contributed by atoms with Gasteiger partial charge < -0.3 is 4.42 Å². The highest BCUT2D eigenvalue weighted by Gasteiger charge is 2.26. The Morgan fingerprint density at radius 3 is 3.00 bits per heavy atom. The maximum Gasteiger partial charge on any atom is 0.248 e. The molecule has 0 saturated heterocycles. The lowest BCUT2D eigenvalue weighted by atomic mass is 9.99. The highest BCUT2D eigenvalue weighted by atomic mass is 16.3. The molecule has 1 aliphatic heterocycles. The maximum absolute atomic E-state index is 11.7. The van der Waals surface area contributed by atoms with Crippen molar-refractivity contribution in [2.75, 3.05) is 0 Å². The van der Waals surface area contributed by atoms with E-state index in [-0.39, 0.29) is 24.2 Å². The minimum absolute atomic E-state index is 0.162. The molecule has 1 aliphatic rings. The fourth-order valence-electron chi connectivity index (χ4n) is 1.85. The number of hydrogen-bond donors (Lipinski definition) is 2. The van der Waals surface area contributed by atoms with Crippen molar-refractivity contribution in [3.63, 3.8) is 0 Å². The van der Waals surface area contributed by atoms with Crippen LogP contribution in [-0.4, -0.2) is 23.2 Å². The van der Waals surface area contributed by atoms with E-state index < -0.39 is 0 Å². The molecule has 7 heteroatoms. The normalized spacial score (nSPS) is 18.7. The molecule has 0 aromatic carbocycles. The van der Waals surface area contributed by atoms with Crippen molar-refractivity contribution in [3.05, 3.63) is 24.2 Å². The van der Waals surface area contributed by atoms with Crippen molar-refractivity contribution in [3.8, 4) is 0 Å². The SMILES string of the molecule is CC(=NNC(=O)CCC1C(=O)NN=C1C)c1ccco1. The molecule has 0 saturated carbocycles. The molecule has 0 radical (unpaired) electrons. The number of furan rings is 1. The topological polar surface area (TPSA) is 96.1 Å². The zero-order valence-corrected chi connectivity index (χ0v) is 11.3. The highest BCUT2D eigenvalue weighted by Crippen LogP contribution is 2.13. The number of rotatable bonds is 5. The molecular formula is C13H16N4O3. The summed E-state index contributed by atoms with van der Waals surface area (Å²) in [6, 6.07) is 3.50. The van der Waals surface area contributed by atoms with Crippen LogP contribution in [0.4, 0.5) is 0 Å². The predicted molar refractivity (Wildman–Crippen MR) is 73.0 cm³/mol. The average molecular weight is 276 g/mol. The molecule has 7 nitrogen and oxygen atoms in total. The number of hydrazone groups is 2. The van der Waals surface area contributed by atoms with Crippen LogP contribution in [0.5, 0.6) is 0 Å². The van der Waals surface area contributed by atoms with Gasteiger partial charge in [-0.3, -0.25) is 9.59 Å². The van der Waals surface area contributed by atoms with Gasteiger partial charge in [0, 0.05) is 12.1 Å². The first-order valence-electron chi connectivity index (χ1n) is 6.29. The summed E-state index contributed by atoms with van der Waals surface area (Å²) >= 11 is 0. The molecule has 1 atom stereocenters. The molecule has 1 aromatic heterocycles. The number of hydrogen-bond acceptors (Lipinski definition) is 5. The summed E-state index contributed by atoms with van der Waals surface area (Å²) < 4.78 is 5.15. The first-order valence-corrected chi connectivity index (χ1v) is 6.29. The second-order valence-corrected chi connectivity index (χ2v) is 4.53. The molecule has 1 aromatic rings.